The topological polar surface area (TPSA) is 112 Å². The van der Waals surface area contributed by atoms with Crippen molar-refractivity contribution >= 4 is 11.9 Å². The minimum Gasteiger partial charge on any atom is -0.341 e. The number of amides is 1. The van der Waals surface area contributed by atoms with Gasteiger partial charge in [-0.25, -0.2) is 15.0 Å². The van der Waals surface area contributed by atoms with Crippen LogP contribution in [-0.2, 0) is 11.3 Å². The Kier molecular flexibility index (Phi) is 6.91. The van der Waals surface area contributed by atoms with Crippen LogP contribution in [0.15, 0.2) is 55.0 Å². The number of piperidine rings is 1. The van der Waals surface area contributed by atoms with E-state index in [1.807, 2.05) is 42.9 Å². The molecule has 0 bridgehead atoms. The number of anilines is 1. The molecule has 3 heterocycles. The number of nitrogens with two attached hydrogens (primary N) is 1. The molecule has 0 aliphatic carbocycles. The number of benzene rings is 1. The quantitative estimate of drug-likeness (QED) is 0.626. The van der Waals surface area contributed by atoms with Crippen LogP contribution in [0, 0.1) is 11.3 Å². The minimum atomic E-state index is -0.0905. The summed E-state index contributed by atoms with van der Waals surface area (Å²) < 4.78 is 0. The van der Waals surface area contributed by atoms with Crippen LogP contribution in [0.1, 0.15) is 35.6 Å². The lowest BCUT2D eigenvalue weighted by Gasteiger charge is -2.32. The van der Waals surface area contributed by atoms with E-state index in [1.165, 1.54) is 5.56 Å². The van der Waals surface area contributed by atoms with E-state index in [4.69, 9.17) is 11.0 Å². The number of hydrogen-bond donors (Lipinski definition) is 1. The van der Waals surface area contributed by atoms with Gasteiger partial charge in [0, 0.05) is 50.8 Å². The normalized spacial score (nSPS) is 14.0. The number of likely N-dealkylation sites (N-methyl/N-ethyl adjacent to an activating group) is 1. The predicted octanol–water partition coefficient (Wildman–Crippen LogP) is 2.71. The Hall–Kier alpha value is -3.83. The first-order valence-corrected chi connectivity index (χ1v) is 11.0. The number of aromatic nitrogens is 3. The number of hydrogen-bond acceptors (Lipinski definition) is 7. The summed E-state index contributed by atoms with van der Waals surface area (Å²) in [5, 5.41) is 8.92. The number of rotatable bonds is 6. The molecule has 1 aromatic carbocycles. The molecule has 0 saturated carbocycles. The fraction of sp³-hybridized carbons (Fsp3) is 0.320. The van der Waals surface area contributed by atoms with Gasteiger partial charge in [-0.2, -0.15) is 5.26 Å². The summed E-state index contributed by atoms with van der Waals surface area (Å²) in [6, 6.07) is 13.9. The Labute approximate surface area is 193 Å². The summed E-state index contributed by atoms with van der Waals surface area (Å²) in [7, 11) is 1.75. The lowest BCUT2D eigenvalue weighted by Crippen LogP contribution is -2.34. The van der Waals surface area contributed by atoms with Gasteiger partial charge in [-0.15, -0.1) is 0 Å². The first-order chi connectivity index (χ1) is 16.1. The molecule has 1 aliphatic heterocycles. The Morgan fingerprint density at radius 3 is 2.52 bits per heavy atom. The molecule has 1 aliphatic rings. The maximum atomic E-state index is 11.7. The van der Waals surface area contributed by atoms with Crippen molar-refractivity contribution in [3.8, 4) is 17.2 Å². The molecule has 0 unspecified atom stereocenters. The molecule has 33 heavy (non-hydrogen) atoms. The van der Waals surface area contributed by atoms with E-state index in [-0.39, 0.29) is 12.5 Å². The van der Waals surface area contributed by atoms with Crippen LogP contribution >= 0.6 is 0 Å². The van der Waals surface area contributed by atoms with Crippen LogP contribution in [0.5, 0.6) is 0 Å². The minimum absolute atomic E-state index is 0.00705. The zero-order chi connectivity index (χ0) is 23.2. The van der Waals surface area contributed by atoms with E-state index < -0.39 is 0 Å². The maximum Gasteiger partial charge on any atom is 0.236 e. The largest absolute Gasteiger partial charge is 0.341 e. The molecule has 1 fully saturated rings. The lowest BCUT2D eigenvalue weighted by molar-refractivity contribution is -0.128. The van der Waals surface area contributed by atoms with Crippen LogP contribution in [0.25, 0.3) is 11.1 Å². The van der Waals surface area contributed by atoms with Crippen LogP contribution < -0.4 is 10.6 Å². The molecule has 0 atom stereocenters. The van der Waals surface area contributed by atoms with Gasteiger partial charge in [0.2, 0.25) is 11.9 Å². The Morgan fingerprint density at radius 1 is 1.12 bits per heavy atom. The van der Waals surface area contributed by atoms with Crippen molar-refractivity contribution in [3.05, 3.63) is 71.8 Å². The molecule has 8 heteroatoms. The van der Waals surface area contributed by atoms with Gasteiger partial charge in [0.25, 0.3) is 0 Å². The van der Waals surface area contributed by atoms with Crippen LogP contribution in [0.2, 0.25) is 0 Å². The number of carbonyl (C=O) groups is 1. The third kappa shape index (κ3) is 5.33. The van der Waals surface area contributed by atoms with Gasteiger partial charge in [0.1, 0.15) is 11.8 Å². The van der Waals surface area contributed by atoms with Crippen molar-refractivity contribution in [1.82, 2.24) is 19.9 Å². The fourth-order valence-corrected chi connectivity index (χ4v) is 4.13. The van der Waals surface area contributed by atoms with Crippen LogP contribution in [0.3, 0.4) is 0 Å². The maximum absolute atomic E-state index is 11.7. The highest BCUT2D eigenvalue weighted by Gasteiger charge is 2.22. The highest BCUT2D eigenvalue weighted by Crippen LogP contribution is 2.29. The van der Waals surface area contributed by atoms with Crippen molar-refractivity contribution in [2.45, 2.75) is 25.3 Å². The third-order valence-electron chi connectivity index (χ3n) is 6.07. The van der Waals surface area contributed by atoms with Crippen LogP contribution in [0.4, 0.5) is 5.95 Å². The number of pyridine rings is 1. The first-order valence-electron chi connectivity index (χ1n) is 11.0. The zero-order valence-corrected chi connectivity index (χ0v) is 18.7. The van der Waals surface area contributed by atoms with Gasteiger partial charge >= 0.3 is 0 Å². The molecule has 0 radical (unpaired) electrons. The van der Waals surface area contributed by atoms with E-state index >= 15 is 0 Å². The summed E-state index contributed by atoms with van der Waals surface area (Å²) in [6.45, 7) is 2.27. The molecular weight excluding hydrogens is 414 g/mol. The monoisotopic (exact) mass is 441 g/mol. The van der Waals surface area contributed by atoms with E-state index in [9.17, 15) is 4.79 Å². The van der Waals surface area contributed by atoms with Crippen molar-refractivity contribution in [2.24, 2.45) is 5.73 Å². The molecule has 1 saturated heterocycles. The molecule has 1 amide bonds. The van der Waals surface area contributed by atoms with Crippen molar-refractivity contribution in [1.29, 1.82) is 5.26 Å². The summed E-state index contributed by atoms with van der Waals surface area (Å²) in [5.41, 5.74) is 10.1. The fourth-order valence-electron chi connectivity index (χ4n) is 4.13. The lowest BCUT2D eigenvalue weighted by atomic mass is 9.90. The number of nitriles is 1. The second-order valence-electron chi connectivity index (χ2n) is 8.28. The number of carbonyl (C=O) groups excluding carboxylic acids is 1. The highest BCUT2D eigenvalue weighted by molar-refractivity contribution is 5.77. The molecule has 8 nitrogen and oxygen atoms in total. The van der Waals surface area contributed by atoms with Gasteiger partial charge in [-0.3, -0.25) is 4.79 Å². The van der Waals surface area contributed by atoms with Gasteiger partial charge in [-0.1, -0.05) is 24.3 Å². The van der Waals surface area contributed by atoms with Gasteiger partial charge in [0.15, 0.2) is 0 Å². The van der Waals surface area contributed by atoms with E-state index in [0.717, 1.165) is 48.6 Å². The van der Waals surface area contributed by atoms with Gasteiger partial charge in [0.05, 0.1) is 6.54 Å². The van der Waals surface area contributed by atoms with Crippen LogP contribution in [-0.4, -0.2) is 52.4 Å². The van der Waals surface area contributed by atoms with Gasteiger partial charge in [-0.05, 0) is 47.6 Å². The molecule has 2 N–H and O–H groups in total. The van der Waals surface area contributed by atoms with Crippen molar-refractivity contribution in [2.75, 3.05) is 31.6 Å². The molecule has 168 valence electrons. The van der Waals surface area contributed by atoms with E-state index in [2.05, 4.69) is 32.0 Å². The average Bonchev–Trinajstić information content (AvgIpc) is 2.88. The number of nitrogens with zero attached hydrogens (tertiary/aromatic N) is 6. The molecule has 3 aromatic rings. The summed E-state index contributed by atoms with van der Waals surface area (Å²) in [4.78, 5) is 29.0. The average molecular weight is 442 g/mol. The summed E-state index contributed by atoms with van der Waals surface area (Å²) in [5.74, 6) is 1.08. The second-order valence-corrected chi connectivity index (χ2v) is 8.28. The predicted molar refractivity (Wildman–Crippen MR) is 126 cm³/mol. The third-order valence-corrected chi connectivity index (χ3v) is 6.07. The second kappa shape index (κ2) is 10.2. The SMILES string of the molecule is CN(Cc1cccc(-c2cnc(N3CCC(c4ccc(C#N)nc4)CC3)nc2)c1)C(=O)CN. The first kappa shape index (κ1) is 22.4. The zero-order valence-electron chi connectivity index (χ0n) is 18.7. The Balaban J connectivity index is 1.38. The van der Waals surface area contributed by atoms with Crippen molar-refractivity contribution in [3.63, 3.8) is 0 Å². The highest BCUT2D eigenvalue weighted by atomic mass is 16.2. The molecular formula is C25H27N7O. The Morgan fingerprint density at radius 2 is 1.88 bits per heavy atom. The summed E-state index contributed by atoms with van der Waals surface area (Å²) in [6.07, 6.45) is 7.52. The van der Waals surface area contributed by atoms with Gasteiger partial charge < -0.3 is 15.5 Å². The Bertz CT molecular complexity index is 1130. The molecule has 2 aromatic heterocycles. The molecule has 4 rings (SSSR count). The standard InChI is InChI=1S/C25H27N7O/c1-31(24(33)13-27)17-18-3-2-4-20(11-18)22-15-29-25(30-16-22)32-9-7-19(8-10-32)21-5-6-23(12-26)28-14-21/h2-6,11,14-16,19H,7-10,13,17,27H2,1H3. The van der Waals surface area contributed by atoms with Crippen molar-refractivity contribution < 1.29 is 4.79 Å². The van der Waals surface area contributed by atoms with E-state index in [0.29, 0.717) is 18.2 Å². The molecule has 0 spiro atoms. The smallest absolute Gasteiger partial charge is 0.236 e. The van der Waals surface area contributed by atoms with E-state index in [1.54, 1.807) is 18.0 Å². The summed E-state index contributed by atoms with van der Waals surface area (Å²) >= 11 is 0.